The standard InChI is InChI=1S/C19H20BrClFN3O2/c1-27-19(26)12-6-9-25(10-7-12)11-13-5-8-23-18(17(13)22)24-15-4-2-3-14(20)16(15)21/h2-5,8,12H,6-7,9-11H2,1H3,(H,23,24). The van der Waals surface area contributed by atoms with Crippen LogP contribution in [-0.2, 0) is 16.1 Å². The zero-order valence-corrected chi connectivity index (χ0v) is 17.2. The highest BCUT2D eigenvalue weighted by Crippen LogP contribution is 2.32. The fourth-order valence-corrected chi connectivity index (χ4v) is 3.69. The number of esters is 1. The molecule has 27 heavy (non-hydrogen) atoms. The van der Waals surface area contributed by atoms with E-state index in [0.717, 1.165) is 30.4 Å². The maximum absolute atomic E-state index is 14.9. The topological polar surface area (TPSA) is 54.5 Å². The Hall–Kier alpha value is -1.70. The lowest BCUT2D eigenvalue weighted by atomic mass is 9.97. The number of likely N-dealkylation sites (tertiary alicyclic amines) is 1. The van der Waals surface area contributed by atoms with Gasteiger partial charge in [-0.1, -0.05) is 17.7 Å². The summed E-state index contributed by atoms with van der Waals surface area (Å²) < 4.78 is 20.5. The van der Waals surface area contributed by atoms with Crippen LogP contribution in [0.3, 0.4) is 0 Å². The summed E-state index contributed by atoms with van der Waals surface area (Å²) in [5.41, 5.74) is 1.13. The van der Waals surface area contributed by atoms with Gasteiger partial charge >= 0.3 is 5.97 Å². The van der Waals surface area contributed by atoms with Gasteiger partial charge < -0.3 is 10.1 Å². The van der Waals surface area contributed by atoms with Crippen LogP contribution in [0.2, 0.25) is 5.02 Å². The summed E-state index contributed by atoms with van der Waals surface area (Å²) in [5, 5.41) is 3.43. The lowest BCUT2D eigenvalue weighted by Crippen LogP contribution is -2.36. The van der Waals surface area contributed by atoms with Gasteiger partial charge in [0.25, 0.3) is 0 Å². The number of hydrogen-bond donors (Lipinski definition) is 1. The molecule has 8 heteroatoms. The van der Waals surface area contributed by atoms with Crippen molar-refractivity contribution < 1.29 is 13.9 Å². The molecule has 1 fully saturated rings. The zero-order valence-electron chi connectivity index (χ0n) is 14.8. The van der Waals surface area contributed by atoms with E-state index in [-0.39, 0.29) is 17.7 Å². The van der Waals surface area contributed by atoms with Crippen LogP contribution >= 0.6 is 27.5 Å². The Balaban J connectivity index is 1.69. The van der Waals surface area contributed by atoms with Crippen molar-refractivity contribution in [2.45, 2.75) is 19.4 Å². The van der Waals surface area contributed by atoms with Gasteiger partial charge in [0.1, 0.15) is 0 Å². The quantitative estimate of drug-likeness (QED) is 0.657. The molecule has 0 aliphatic carbocycles. The number of pyridine rings is 1. The van der Waals surface area contributed by atoms with Crippen LogP contribution in [0.15, 0.2) is 34.9 Å². The Morgan fingerprint density at radius 3 is 2.85 bits per heavy atom. The van der Waals surface area contributed by atoms with Gasteiger partial charge in [-0.2, -0.15) is 0 Å². The second kappa shape index (κ2) is 8.99. The maximum atomic E-state index is 14.9. The smallest absolute Gasteiger partial charge is 0.308 e. The van der Waals surface area contributed by atoms with Crippen LogP contribution in [0.5, 0.6) is 0 Å². The summed E-state index contributed by atoms with van der Waals surface area (Å²) in [4.78, 5) is 17.9. The molecular weight excluding hydrogens is 437 g/mol. The first-order valence-corrected chi connectivity index (χ1v) is 9.81. The van der Waals surface area contributed by atoms with Crippen LogP contribution < -0.4 is 5.32 Å². The first-order valence-electron chi connectivity index (χ1n) is 8.64. The van der Waals surface area contributed by atoms with Crippen molar-refractivity contribution in [3.8, 4) is 0 Å². The van der Waals surface area contributed by atoms with Crippen molar-refractivity contribution in [1.29, 1.82) is 0 Å². The third kappa shape index (κ3) is 4.78. The first kappa shape index (κ1) is 20.0. The van der Waals surface area contributed by atoms with E-state index < -0.39 is 5.82 Å². The molecular formula is C19H20BrClFN3O2. The highest BCUT2D eigenvalue weighted by molar-refractivity contribution is 9.10. The van der Waals surface area contributed by atoms with Gasteiger partial charge in [-0.15, -0.1) is 0 Å². The molecule has 0 atom stereocenters. The molecule has 1 aliphatic heterocycles. The molecule has 0 radical (unpaired) electrons. The molecule has 0 unspecified atom stereocenters. The van der Waals surface area contributed by atoms with Gasteiger partial charge in [0, 0.05) is 22.8 Å². The Morgan fingerprint density at radius 1 is 1.41 bits per heavy atom. The van der Waals surface area contributed by atoms with Crippen molar-refractivity contribution in [2.24, 2.45) is 5.92 Å². The summed E-state index contributed by atoms with van der Waals surface area (Å²) in [5.74, 6) is -0.493. The second-order valence-electron chi connectivity index (χ2n) is 6.43. The number of halogens is 3. The number of ether oxygens (including phenoxy) is 1. The number of carbonyl (C=O) groups excluding carboxylic acids is 1. The number of anilines is 2. The molecule has 144 valence electrons. The maximum Gasteiger partial charge on any atom is 0.308 e. The molecule has 0 bridgehead atoms. The second-order valence-corrected chi connectivity index (χ2v) is 7.66. The molecule has 0 amide bonds. The minimum atomic E-state index is -0.399. The Labute approximate surface area is 171 Å². The van der Waals surface area contributed by atoms with Gasteiger partial charge in [0.05, 0.1) is 23.7 Å². The predicted octanol–water partition coefficient (Wildman–Crippen LogP) is 4.77. The van der Waals surface area contributed by atoms with Gasteiger partial charge in [0.2, 0.25) is 0 Å². The molecule has 2 aromatic rings. The van der Waals surface area contributed by atoms with E-state index in [4.69, 9.17) is 16.3 Å². The van der Waals surface area contributed by atoms with Crippen LogP contribution in [0.4, 0.5) is 15.9 Å². The number of piperidine rings is 1. The predicted molar refractivity (Wildman–Crippen MR) is 107 cm³/mol. The Morgan fingerprint density at radius 2 is 2.15 bits per heavy atom. The third-order valence-electron chi connectivity index (χ3n) is 4.69. The normalized spacial score (nSPS) is 15.6. The number of aromatic nitrogens is 1. The summed E-state index contributed by atoms with van der Waals surface area (Å²) in [6.07, 6.45) is 3.02. The Kier molecular flexibility index (Phi) is 6.68. The van der Waals surface area contributed by atoms with Gasteiger partial charge in [0.15, 0.2) is 11.6 Å². The highest BCUT2D eigenvalue weighted by atomic mass is 79.9. The van der Waals surface area contributed by atoms with Crippen molar-refractivity contribution >= 4 is 45.0 Å². The van der Waals surface area contributed by atoms with E-state index in [9.17, 15) is 9.18 Å². The number of nitrogens with one attached hydrogen (secondary N) is 1. The molecule has 3 rings (SSSR count). The summed E-state index contributed by atoms with van der Waals surface area (Å²) in [6.45, 7) is 1.91. The number of carbonyl (C=O) groups is 1. The largest absolute Gasteiger partial charge is 0.469 e. The summed E-state index contributed by atoms with van der Waals surface area (Å²) in [7, 11) is 1.41. The lowest BCUT2D eigenvalue weighted by Gasteiger charge is -2.30. The highest BCUT2D eigenvalue weighted by Gasteiger charge is 2.26. The molecule has 1 N–H and O–H groups in total. The van der Waals surface area contributed by atoms with Gasteiger partial charge in [-0.05, 0) is 60.1 Å². The summed E-state index contributed by atoms with van der Waals surface area (Å²) >= 11 is 9.59. The molecule has 5 nitrogen and oxygen atoms in total. The molecule has 2 heterocycles. The molecule has 1 saturated heterocycles. The van der Waals surface area contributed by atoms with Crippen molar-refractivity contribution in [1.82, 2.24) is 9.88 Å². The zero-order chi connectivity index (χ0) is 19.4. The molecule has 1 aromatic carbocycles. The minimum absolute atomic E-state index is 0.0653. The number of hydrogen-bond acceptors (Lipinski definition) is 5. The monoisotopic (exact) mass is 455 g/mol. The number of benzene rings is 1. The number of rotatable bonds is 5. The van der Waals surface area contributed by atoms with Gasteiger partial charge in [-0.3, -0.25) is 9.69 Å². The van der Waals surface area contributed by atoms with Crippen LogP contribution in [0.1, 0.15) is 18.4 Å². The van der Waals surface area contributed by atoms with Crippen molar-refractivity contribution in [3.05, 3.63) is 51.3 Å². The van der Waals surface area contributed by atoms with Crippen LogP contribution in [0, 0.1) is 11.7 Å². The lowest BCUT2D eigenvalue weighted by molar-refractivity contribution is -0.147. The molecule has 0 saturated carbocycles. The van der Waals surface area contributed by atoms with Crippen molar-refractivity contribution in [2.75, 3.05) is 25.5 Å². The van der Waals surface area contributed by atoms with E-state index in [1.165, 1.54) is 7.11 Å². The average molecular weight is 457 g/mol. The minimum Gasteiger partial charge on any atom is -0.469 e. The van der Waals surface area contributed by atoms with E-state index in [2.05, 4.69) is 31.1 Å². The Bertz CT molecular complexity index is 829. The van der Waals surface area contributed by atoms with E-state index >= 15 is 0 Å². The third-order valence-corrected chi connectivity index (χ3v) is 5.99. The van der Waals surface area contributed by atoms with Crippen LogP contribution in [0.25, 0.3) is 0 Å². The SMILES string of the molecule is COC(=O)C1CCN(Cc2ccnc(Nc3cccc(Br)c3Cl)c2F)CC1. The molecule has 0 spiro atoms. The fraction of sp³-hybridized carbons (Fsp3) is 0.368. The number of methoxy groups -OCH3 is 1. The van der Waals surface area contributed by atoms with Gasteiger partial charge in [-0.25, -0.2) is 9.37 Å². The van der Waals surface area contributed by atoms with Crippen molar-refractivity contribution in [3.63, 3.8) is 0 Å². The molecule has 1 aliphatic rings. The van der Waals surface area contributed by atoms with E-state index in [1.807, 2.05) is 12.1 Å². The van der Waals surface area contributed by atoms with E-state index in [1.54, 1.807) is 18.3 Å². The summed E-state index contributed by atoms with van der Waals surface area (Å²) in [6, 6.07) is 7.06. The fourth-order valence-electron chi connectivity index (χ4n) is 3.16. The van der Waals surface area contributed by atoms with Crippen LogP contribution in [-0.4, -0.2) is 36.1 Å². The average Bonchev–Trinajstić information content (AvgIpc) is 2.68. The first-order chi connectivity index (χ1) is 13.0. The molecule has 1 aromatic heterocycles. The number of nitrogens with zero attached hydrogens (tertiary/aromatic N) is 2. The van der Waals surface area contributed by atoms with E-state index in [0.29, 0.717) is 22.8 Å².